The third-order valence-corrected chi connectivity index (χ3v) is 3.30. The number of hydrogen-bond acceptors (Lipinski definition) is 8. The van der Waals surface area contributed by atoms with Crippen molar-refractivity contribution < 1.29 is 39.7 Å². The van der Waals surface area contributed by atoms with Gasteiger partial charge >= 0.3 is 0 Å². The van der Waals surface area contributed by atoms with Crippen molar-refractivity contribution in [2.75, 3.05) is 27.9 Å². The first-order valence-corrected chi connectivity index (χ1v) is 6.54. The van der Waals surface area contributed by atoms with Crippen molar-refractivity contribution >= 4 is 0 Å². The summed E-state index contributed by atoms with van der Waals surface area (Å²) in [5.74, 6) is 0.761. The zero-order valence-corrected chi connectivity index (χ0v) is 12.6. The van der Waals surface area contributed by atoms with Crippen molar-refractivity contribution in [1.29, 1.82) is 0 Å². The predicted molar refractivity (Wildman–Crippen MR) is 76.2 cm³/mol. The van der Waals surface area contributed by atoms with Crippen molar-refractivity contribution in [2.45, 2.75) is 24.4 Å². The second-order valence-electron chi connectivity index (χ2n) is 4.62. The normalized spacial score (nSPS) is 16.5. The highest BCUT2D eigenvalue weighted by molar-refractivity contribution is 5.52. The molecule has 0 saturated heterocycles. The van der Waals surface area contributed by atoms with E-state index in [4.69, 9.17) is 19.3 Å². The molecule has 0 radical (unpaired) electrons. The van der Waals surface area contributed by atoms with E-state index in [1.165, 1.54) is 33.5 Å². The molecule has 0 amide bonds. The molecule has 1 aromatic rings. The lowest BCUT2D eigenvalue weighted by molar-refractivity contribution is -0.116. The highest BCUT2D eigenvalue weighted by atomic mass is 16.5. The lowest BCUT2D eigenvalue weighted by atomic mass is 9.96. The fourth-order valence-electron chi connectivity index (χ4n) is 2.02. The molecule has 22 heavy (non-hydrogen) atoms. The Morgan fingerprint density at radius 1 is 0.864 bits per heavy atom. The Morgan fingerprint density at radius 2 is 1.36 bits per heavy atom. The zero-order valence-electron chi connectivity index (χ0n) is 12.6. The maximum atomic E-state index is 10.3. The van der Waals surface area contributed by atoms with Gasteiger partial charge in [0.15, 0.2) is 0 Å². The molecule has 0 spiro atoms. The first-order chi connectivity index (χ1) is 10.4. The number of aliphatic hydroxyl groups is 5. The first kappa shape index (κ1) is 18.5. The first-order valence-electron chi connectivity index (χ1n) is 6.54. The van der Waals surface area contributed by atoms with E-state index in [1.54, 1.807) is 0 Å². The highest BCUT2D eigenvalue weighted by Crippen LogP contribution is 2.40. The van der Waals surface area contributed by atoms with E-state index in [1.807, 2.05) is 0 Å². The van der Waals surface area contributed by atoms with E-state index in [9.17, 15) is 20.4 Å². The molecular weight excluding hydrogens is 296 g/mol. The summed E-state index contributed by atoms with van der Waals surface area (Å²) in [5, 5.41) is 48.2. The summed E-state index contributed by atoms with van der Waals surface area (Å²) >= 11 is 0. The fraction of sp³-hybridized carbons (Fsp3) is 0.571. The number of ether oxygens (including phenoxy) is 3. The average Bonchev–Trinajstić information content (AvgIpc) is 2.57. The topological polar surface area (TPSA) is 129 Å². The third-order valence-electron chi connectivity index (χ3n) is 3.30. The van der Waals surface area contributed by atoms with Gasteiger partial charge in [0, 0.05) is 12.1 Å². The van der Waals surface area contributed by atoms with Crippen molar-refractivity contribution in [3.8, 4) is 17.2 Å². The molecule has 0 aromatic heterocycles. The Balaban J connectivity index is 3.23. The summed E-state index contributed by atoms with van der Waals surface area (Å²) in [6, 6.07) is 2.95. The minimum atomic E-state index is -1.77. The fourth-order valence-corrected chi connectivity index (χ4v) is 2.02. The van der Waals surface area contributed by atoms with Gasteiger partial charge in [-0.1, -0.05) is 0 Å². The summed E-state index contributed by atoms with van der Waals surface area (Å²) in [6.45, 7) is -0.762. The molecular formula is C14H22O8. The Hall–Kier alpha value is -1.58. The van der Waals surface area contributed by atoms with Crippen LogP contribution in [0.5, 0.6) is 17.2 Å². The Kier molecular flexibility index (Phi) is 6.85. The van der Waals surface area contributed by atoms with Gasteiger partial charge in [0.05, 0.1) is 33.5 Å². The van der Waals surface area contributed by atoms with Crippen LogP contribution < -0.4 is 14.2 Å². The van der Waals surface area contributed by atoms with Gasteiger partial charge < -0.3 is 39.7 Å². The zero-order chi connectivity index (χ0) is 16.9. The van der Waals surface area contributed by atoms with Crippen LogP contribution >= 0.6 is 0 Å². The van der Waals surface area contributed by atoms with Crippen LogP contribution in [0.3, 0.4) is 0 Å². The van der Waals surface area contributed by atoms with Gasteiger partial charge in [-0.25, -0.2) is 0 Å². The molecule has 0 aliphatic heterocycles. The standard InChI is InChI=1S/C14H22O8/c1-20-7-4-9(21-2)11(10(5-7)22-3)13(18)14(19)12(17)8(16)6-15/h4-5,8,12-19H,6H2,1-3H3/t8-,12-,13+,14-/m1/s1. The molecule has 1 aromatic carbocycles. The molecule has 5 N–H and O–H groups in total. The number of methoxy groups -OCH3 is 3. The summed E-state index contributed by atoms with van der Waals surface area (Å²) in [5.41, 5.74) is 0.0856. The molecule has 126 valence electrons. The molecule has 0 aliphatic carbocycles. The number of benzene rings is 1. The molecule has 0 heterocycles. The minimum Gasteiger partial charge on any atom is -0.496 e. The maximum Gasteiger partial charge on any atom is 0.132 e. The van der Waals surface area contributed by atoms with Gasteiger partial charge in [-0.15, -0.1) is 0 Å². The second-order valence-corrected chi connectivity index (χ2v) is 4.62. The average molecular weight is 318 g/mol. The van der Waals surface area contributed by atoms with Crippen molar-refractivity contribution in [1.82, 2.24) is 0 Å². The van der Waals surface area contributed by atoms with E-state index in [-0.39, 0.29) is 17.1 Å². The molecule has 8 nitrogen and oxygen atoms in total. The van der Waals surface area contributed by atoms with Crippen molar-refractivity contribution in [3.63, 3.8) is 0 Å². The Bertz CT molecular complexity index is 453. The third kappa shape index (κ3) is 3.79. The SMILES string of the molecule is COc1cc(OC)c([C@H](O)[C@H](O)[C@H](O)[C@H](O)CO)c(OC)c1. The van der Waals surface area contributed by atoms with E-state index in [2.05, 4.69) is 0 Å². The minimum absolute atomic E-state index is 0.0856. The summed E-state index contributed by atoms with van der Waals surface area (Å²) in [7, 11) is 4.16. The van der Waals surface area contributed by atoms with E-state index >= 15 is 0 Å². The Labute approximate surface area is 128 Å². The molecule has 0 aliphatic rings. The number of rotatable bonds is 8. The second kappa shape index (κ2) is 8.16. The molecule has 0 bridgehead atoms. The van der Waals surface area contributed by atoms with E-state index in [0.717, 1.165) is 0 Å². The quantitative estimate of drug-likeness (QED) is 0.405. The smallest absolute Gasteiger partial charge is 0.132 e. The summed E-state index contributed by atoms with van der Waals surface area (Å²) < 4.78 is 15.4. The molecule has 0 saturated carbocycles. The molecule has 4 atom stereocenters. The summed E-state index contributed by atoms with van der Waals surface area (Å²) in [4.78, 5) is 0. The van der Waals surface area contributed by atoms with Crippen LogP contribution in [0.25, 0.3) is 0 Å². The van der Waals surface area contributed by atoms with Gasteiger partial charge in [-0.2, -0.15) is 0 Å². The lowest BCUT2D eigenvalue weighted by Crippen LogP contribution is -2.42. The maximum absolute atomic E-state index is 10.3. The van der Waals surface area contributed by atoms with Crippen LogP contribution in [0.1, 0.15) is 11.7 Å². The predicted octanol–water partition coefficient (Wildman–Crippen LogP) is -1.18. The van der Waals surface area contributed by atoms with Crippen LogP contribution in [0.4, 0.5) is 0 Å². The van der Waals surface area contributed by atoms with Crippen LogP contribution in [-0.4, -0.2) is 71.8 Å². The Morgan fingerprint density at radius 3 is 1.73 bits per heavy atom. The van der Waals surface area contributed by atoms with Gasteiger partial charge in [0.2, 0.25) is 0 Å². The molecule has 0 fully saturated rings. The van der Waals surface area contributed by atoms with Crippen LogP contribution in [0.15, 0.2) is 12.1 Å². The van der Waals surface area contributed by atoms with Crippen LogP contribution in [-0.2, 0) is 0 Å². The van der Waals surface area contributed by atoms with Crippen LogP contribution in [0, 0.1) is 0 Å². The van der Waals surface area contributed by atoms with Gasteiger partial charge in [0.25, 0.3) is 0 Å². The van der Waals surface area contributed by atoms with Crippen molar-refractivity contribution in [2.24, 2.45) is 0 Å². The van der Waals surface area contributed by atoms with E-state index < -0.39 is 31.0 Å². The van der Waals surface area contributed by atoms with Crippen molar-refractivity contribution in [3.05, 3.63) is 17.7 Å². The van der Waals surface area contributed by atoms with Gasteiger partial charge in [0.1, 0.15) is 41.7 Å². The largest absolute Gasteiger partial charge is 0.496 e. The monoisotopic (exact) mass is 318 g/mol. The number of hydrogen-bond donors (Lipinski definition) is 5. The highest BCUT2D eigenvalue weighted by Gasteiger charge is 2.34. The summed E-state index contributed by atoms with van der Waals surface area (Å²) in [6.07, 6.45) is -6.73. The number of aliphatic hydroxyl groups excluding tert-OH is 5. The molecule has 1 rings (SSSR count). The van der Waals surface area contributed by atoms with Crippen LogP contribution in [0.2, 0.25) is 0 Å². The van der Waals surface area contributed by atoms with E-state index in [0.29, 0.717) is 5.75 Å². The van der Waals surface area contributed by atoms with Gasteiger partial charge in [-0.3, -0.25) is 0 Å². The van der Waals surface area contributed by atoms with Gasteiger partial charge in [-0.05, 0) is 0 Å². The lowest BCUT2D eigenvalue weighted by Gasteiger charge is -2.27. The molecule has 8 heteroatoms. The molecule has 0 unspecified atom stereocenters.